The van der Waals surface area contributed by atoms with Crippen molar-refractivity contribution in [3.63, 3.8) is 0 Å². The predicted octanol–water partition coefficient (Wildman–Crippen LogP) is 4.32. The molecule has 7 heteroatoms. The summed E-state index contributed by atoms with van der Waals surface area (Å²) in [5.41, 5.74) is 3.40. The molecule has 1 aromatic carbocycles. The number of aryl methyl sites for hydroxylation is 1. The number of hydrogen-bond donors (Lipinski definition) is 0. The van der Waals surface area contributed by atoms with Crippen molar-refractivity contribution in [3.8, 4) is 5.69 Å². The normalized spacial score (nSPS) is 17.9. The Morgan fingerprint density at radius 3 is 2.81 bits per heavy atom. The number of thiophene rings is 1. The molecule has 0 N–H and O–H groups in total. The van der Waals surface area contributed by atoms with E-state index in [1.54, 1.807) is 23.1 Å². The zero-order valence-electron chi connectivity index (χ0n) is 18.4. The Balaban J connectivity index is 1.55. The number of fused-ring (bicyclic) bond motifs is 3. The minimum atomic E-state index is 0.0955. The van der Waals surface area contributed by atoms with E-state index in [0.717, 1.165) is 58.4 Å². The van der Waals surface area contributed by atoms with Gasteiger partial charge in [-0.1, -0.05) is 30.3 Å². The van der Waals surface area contributed by atoms with Gasteiger partial charge in [-0.2, -0.15) is 0 Å². The van der Waals surface area contributed by atoms with E-state index in [9.17, 15) is 4.79 Å². The lowest BCUT2D eigenvalue weighted by molar-refractivity contribution is 0.242. The molecule has 5 rings (SSSR count). The second-order valence-electron chi connectivity index (χ2n) is 8.80. The summed E-state index contributed by atoms with van der Waals surface area (Å²) in [6.45, 7) is 7.43. The van der Waals surface area contributed by atoms with Crippen molar-refractivity contribution in [2.45, 2.75) is 44.3 Å². The van der Waals surface area contributed by atoms with Gasteiger partial charge in [-0.3, -0.25) is 9.36 Å². The Hall–Kier alpha value is -1.67. The second-order valence-corrected chi connectivity index (χ2v) is 10.9. The van der Waals surface area contributed by atoms with Crippen LogP contribution in [0.25, 0.3) is 15.9 Å². The number of likely N-dealkylation sites (N-methyl/N-ethyl adjacent to an activating group) is 1. The summed E-state index contributed by atoms with van der Waals surface area (Å²) in [5, 5.41) is 1.67. The monoisotopic (exact) mass is 454 g/mol. The fraction of sp³-hybridized carbons (Fsp3) is 0.500. The summed E-state index contributed by atoms with van der Waals surface area (Å²) in [6, 6.07) is 8.23. The highest BCUT2D eigenvalue weighted by Gasteiger charge is 2.24. The van der Waals surface area contributed by atoms with Crippen LogP contribution < -0.4 is 5.56 Å². The van der Waals surface area contributed by atoms with E-state index < -0.39 is 0 Å². The number of likely N-dealkylation sites (tertiary alicyclic amines) is 1. The van der Waals surface area contributed by atoms with E-state index in [0.29, 0.717) is 0 Å². The predicted molar refractivity (Wildman–Crippen MR) is 131 cm³/mol. The van der Waals surface area contributed by atoms with Crippen molar-refractivity contribution >= 4 is 33.3 Å². The Labute approximate surface area is 192 Å². The highest BCUT2D eigenvalue weighted by atomic mass is 32.2. The van der Waals surface area contributed by atoms with Gasteiger partial charge in [-0.05, 0) is 69.6 Å². The van der Waals surface area contributed by atoms with Crippen LogP contribution in [0, 0.1) is 6.92 Å². The van der Waals surface area contributed by atoms with Crippen molar-refractivity contribution in [3.05, 3.63) is 50.6 Å². The Kier molecular flexibility index (Phi) is 6.19. The van der Waals surface area contributed by atoms with E-state index in [2.05, 4.69) is 35.9 Å². The maximum atomic E-state index is 13.8. The molecule has 31 heavy (non-hydrogen) atoms. The molecule has 1 fully saturated rings. The van der Waals surface area contributed by atoms with Crippen molar-refractivity contribution in [2.75, 3.05) is 39.0 Å². The molecule has 5 nitrogen and oxygen atoms in total. The van der Waals surface area contributed by atoms with Gasteiger partial charge >= 0.3 is 0 Å². The summed E-state index contributed by atoms with van der Waals surface area (Å²) in [4.78, 5) is 26.0. The van der Waals surface area contributed by atoms with Gasteiger partial charge in [0.2, 0.25) is 0 Å². The first-order valence-electron chi connectivity index (χ1n) is 11.3. The number of benzene rings is 1. The lowest BCUT2D eigenvalue weighted by Crippen LogP contribution is -2.31. The molecule has 0 spiro atoms. The van der Waals surface area contributed by atoms with Gasteiger partial charge in [0, 0.05) is 30.3 Å². The van der Waals surface area contributed by atoms with Crippen LogP contribution in [0.4, 0.5) is 0 Å². The number of piperidine rings is 1. The van der Waals surface area contributed by atoms with E-state index in [1.807, 2.05) is 16.7 Å². The van der Waals surface area contributed by atoms with Gasteiger partial charge in [0.05, 0.1) is 11.1 Å². The molecule has 0 aliphatic carbocycles. The quantitative estimate of drug-likeness (QED) is 0.424. The second kappa shape index (κ2) is 9.06. The highest BCUT2D eigenvalue weighted by molar-refractivity contribution is 7.99. The molecule has 0 unspecified atom stereocenters. The van der Waals surface area contributed by atoms with Crippen LogP contribution in [0.5, 0.6) is 0 Å². The minimum absolute atomic E-state index is 0.0955. The van der Waals surface area contributed by atoms with Gasteiger partial charge in [0.1, 0.15) is 4.83 Å². The SMILES string of the molecule is Cc1cccc(-n2c(SCCN3CCCCC3)nc3sc4c(c3c2=O)CCN(C)C4)c1. The molecular formula is C24H30N4OS2. The van der Waals surface area contributed by atoms with Crippen LogP contribution in [-0.2, 0) is 13.0 Å². The largest absolute Gasteiger partial charge is 0.303 e. The smallest absolute Gasteiger partial charge is 0.267 e. The van der Waals surface area contributed by atoms with Gasteiger partial charge in [-0.15, -0.1) is 11.3 Å². The van der Waals surface area contributed by atoms with E-state index >= 15 is 0 Å². The number of thioether (sulfide) groups is 1. The summed E-state index contributed by atoms with van der Waals surface area (Å²) in [7, 11) is 2.15. The first-order chi connectivity index (χ1) is 15.1. The third-order valence-corrected chi connectivity index (χ3v) is 8.41. The lowest BCUT2D eigenvalue weighted by Gasteiger charge is -2.26. The maximum absolute atomic E-state index is 13.8. The fourth-order valence-electron chi connectivity index (χ4n) is 4.69. The van der Waals surface area contributed by atoms with Crippen molar-refractivity contribution in [1.82, 2.24) is 19.4 Å². The standard InChI is InChI=1S/C24H30N4OS2/c1-17-7-6-8-18(15-17)28-23(29)21-19-9-12-26(2)16-20(19)31-22(21)25-24(28)30-14-13-27-10-4-3-5-11-27/h6-8,15H,3-5,9-14,16H2,1-2H3. The Bertz CT molecular complexity index is 1150. The van der Waals surface area contributed by atoms with Crippen LogP contribution in [0.2, 0.25) is 0 Å². The molecule has 164 valence electrons. The molecule has 2 aliphatic heterocycles. The maximum Gasteiger partial charge on any atom is 0.267 e. The van der Waals surface area contributed by atoms with Gasteiger partial charge in [0.15, 0.2) is 5.16 Å². The number of aromatic nitrogens is 2. The van der Waals surface area contributed by atoms with Crippen LogP contribution in [0.3, 0.4) is 0 Å². The molecule has 4 heterocycles. The third kappa shape index (κ3) is 4.33. The highest BCUT2D eigenvalue weighted by Crippen LogP contribution is 2.34. The molecule has 0 bridgehead atoms. The molecule has 2 aromatic heterocycles. The van der Waals surface area contributed by atoms with Crippen molar-refractivity contribution in [1.29, 1.82) is 0 Å². The third-order valence-electron chi connectivity index (χ3n) is 6.38. The fourth-order valence-corrected chi connectivity index (χ4v) is 7.05. The lowest BCUT2D eigenvalue weighted by atomic mass is 10.1. The molecule has 0 atom stereocenters. The molecule has 0 amide bonds. The molecular weight excluding hydrogens is 424 g/mol. The van der Waals surface area contributed by atoms with Crippen LogP contribution in [0.1, 0.15) is 35.3 Å². The molecule has 3 aromatic rings. The van der Waals surface area contributed by atoms with Crippen LogP contribution in [0.15, 0.2) is 34.2 Å². The summed E-state index contributed by atoms with van der Waals surface area (Å²) in [5.74, 6) is 0.956. The van der Waals surface area contributed by atoms with Crippen molar-refractivity contribution < 1.29 is 0 Å². The topological polar surface area (TPSA) is 41.4 Å². The Morgan fingerprint density at radius 1 is 1.16 bits per heavy atom. The summed E-state index contributed by atoms with van der Waals surface area (Å²) < 4.78 is 1.86. The number of nitrogens with zero attached hydrogens (tertiary/aromatic N) is 4. The van der Waals surface area contributed by atoms with E-state index in [4.69, 9.17) is 4.98 Å². The van der Waals surface area contributed by atoms with Crippen molar-refractivity contribution in [2.24, 2.45) is 0 Å². The van der Waals surface area contributed by atoms with Crippen LogP contribution >= 0.6 is 23.1 Å². The zero-order chi connectivity index (χ0) is 21.4. The first kappa shape index (κ1) is 21.2. The average molecular weight is 455 g/mol. The molecule has 1 saturated heterocycles. The zero-order valence-corrected chi connectivity index (χ0v) is 20.0. The van der Waals surface area contributed by atoms with Gasteiger partial charge in [-0.25, -0.2) is 4.98 Å². The molecule has 0 radical (unpaired) electrons. The van der Waals surface area contributed by atoms with E-state index in [1.165, 1.54) is 42.8 Å². The number of rotatable bonds is 5. The van der Waals surface area contributed by atoms with Gasteiger partial charge < -0.3 is 9.80 Å². The van der Waals surface area contributed by atoms with E-state index in [-0.39, 0.29) is 5.56 Å². The van der Waals surface area contributed by atoms with Crippen LogP contribution in [-0.4, -0.2) is 58.3 Å². The Morgan fingerprint density at radius 2 is 2.00 bits per heavy atom. The van der Waals surface area contributed by atoms with Gasteiger partial charge in [0.25, 0.3) is 5.56 Å². The molecule has 0 saturated carbocycles. The number of hydrogen-bond acceptors (Lipinski definition) is 6. The molecule has 2 aliphatic rings. The average Bonchev–Trinajstić information content (AvgIpc) is 3.12. The summed E-state index contributed by atoms with van der Waals surface area (Å²) >= 11 is 3.43. The summed E-state index contributed by atoms with van der Waals surface area (Å²) in [6.07, 6.45) is 4.89. The minimum Gasteiger partial charge on any atom is -0.303 e. The first-order valence-corrected chi connectivity index (χ1v) is 13.1.